The van der Waals surface area contributed by atoms with Crippen molar-refractivity contribution < 1.29 is 24.9 Å². The van der Waals surface area contributed by atoms with Gasteiger partial charge in [-0.3, -0.25) is 0 Å². The fourth-order valence-corrected chi connectivity index (χ4v) is 8.47. The van der Waals surface area contributed by atoms with Gasteiger partial charge in [-0.05, 0) is 73.7 Å². The highest BCUT2D eigenvalue weighted by Gasteiger charge is 2.70. The fraction of sp³-hybridized carbons (Fsp3) is 0.870. The van der Waals surface area contributed by atoms with E-state index in [2.05, 4.69) is 13.8 Å². The van der Waals surface area contributed by atoms with Crippen LogP contribution >= 0.6 is 0 Å². The van der Waals surface area contributed by atoms with Crippen LogP contribution in [0, 0.1) is 34.5 Å². The molecule has 28 heavy (non-hydrogen) atoms. The molecular formula is C23H34O5. The first-order chi connectivity index (χ1) is 13.2. The van der Waals surface area contributed by atoms with Crippen LogP contribution in [0.1, 0.15) is 65.2 Å². The second-order valence-electron chi connectivity index (χ2n) is 10.9. The van der Waals surface area contributed by atoms with E-state index in [0.717, 1.165) is 50.5 Å². The van der Waals surface area contributed by atoms with Crippen LogP contribution < -0.4 is 0 Å². The Hall–Kier alpha value is -0.910. The molecule has 156 valence electrons. The zero-order valence-corrected chi connectivity index (χ0v) is 17.1. The third-order valence-electron chi connectivity index (χ3n) is 9.92. The Morgan fingerprint density at radius 2 is 1.86 bits per heavy atom. The van der Waals surface area contributed by atoms with Crippen molar-refractivity contribution in [3.63, 3.8) is 0 Å². The Kier molecular flexibility index (Phi) is 4.12. The SMILES string of the molecule is CC12CCC(O)CC1CCC1[C@@H]2CCC2(C)C(C3=CC(=O)OC3)C(O)CC12O. The average molecular weight is 391 g/mol. The topological polar surface area (TPSA) is 87.0 Å². The largest absolute Gasteiger partial charge is 0.458 e. The van der Waals surface area contributed by atoms with Crippen LogP contribution in [0.25, 0.3) is 0 Å². The van der Waals surface area contributed by atoms with Gasteiger partial charge in [0.25, 0.3) is 0 Å². The molecule has 5 aliphatic rings. The third-order valence-corrected chi connectivity index (χ3v) is 9.92. The molecule has 0 amide bonds. The molecule has 0 spiro atoms. The Morgan fingerprint density at radius 1 is 1.07 bits per heavy atom. The molecule has 0 aromatic carbocycles. The molecule has 1 aliphatic heterocycles. The standard InChI is InChI=1S/C23H34O5/c1-21-7-5-15(24)10-14(21)3-4-17-16(21)6-8-22(2)20(13-9-19(26)28-12-13)18(25)11-23(17,22)27/h9,14-18,20,24-25,27H,3-8,10-12H2,1-2H3/t14?,15?,16-,17?,18?,20?,21?,22?,23?/m0/s1. The van der Waals surface area contributed by atoms with Crippen molar-refractivity contribution >= 4 is 5.97 Å². The summed E-state index contributed by atoms with van der Waals surface area (Å²) < 4.78 is 5.14. The van der Waals surface area contributed by atoms with Crippen molar-refractivity contribution in [3.8, 4) is 0 Å². The highest BCUT2D eigenvalue weighted by atomic mass is 16.5. The highest BCUT2D eigenvalue weighted by molar-refractivity contribution is 5.85. The lowest BCUT2D eigenvalue weighted by Gasteiger charge is -2.63. The minimum absolute atomic E-state index is 0.170. The molecule has 0 radical (unpaired) electrons. The zero-order chi connectivity index (χ0) is 19.9. The summed E-state index contributed by atoms with van der Waals surface area (Å²) in [4.78, 5) is 11.7. The summed E-state index contributed by atoms with van der Waals surface area (Å²) in [6, 6.07) is 0. The van der Waals surface area contributed by atoms with Crippen LogP contribution in [-0.2, 0) is 9.53 Å². The van der Waals surface area contributed by atoms with Crippen LogP contribution in [0.5, 0.6) is 0 Å². The summed E-state index contributed by atoms with van der Waals surface area (Å²) in [5.41, 5.74) is -0.301. The van der Waals surface area contributed by atoms with Gasteiger partial charge >= 0.3 is 5.97 Å². The van der Waals surface area contributed by atoms with Crippen molar-refractivity contribution in [2.45, 2.75) is 83.0 Å². The molecule has 5 rings (SSSR count). The first-order valence-corrected chi connectivity index (χ1v) is 11.1. The minimum Gasteiger partial charge on any atom is -0.458 e. The summed E-state index contributed by atoms with van der Waals surface area (Å²) in [6.07, 6.45) is 7.87. The fourth-order valence-electron chi connectivity index (χ4n) is 8.47. The number of carbonyl (C=O) groups is 1. The van der Waals surface area contributed by atoms with Crippen LogP contribution in [-0.4, -0.2) is 45.7 Å². The van der Waals surface area contributed by atoms with Gasteiger partial charge in [-0.2, -0.15) is 0 Å². The van der Waals surface area contributed by atoms with Crippen LogP contribution in [0.4, 0.5) is 0 Å². The highest BCUT2D eigenvalue weighted by Crippen LogP contribution is 2.69. The van der Waals surface area contributed by atoms with Gasteiger partial charge in [0.1, 0.15) is 6.61 Å². The van der Waals surface area contributed by atoms with Crippen LogP contribution in [0.15, 0.2) is 11.6 Å². The molecule has 4 fully saturated rings. The molecule has 0 aromatic rings. The van der Waals surface area contributed by atoms with E-state index in [1.54, 1.807) is 0 Å². The number of fused-ring (bicyclic) bond motifs is 5. The summed E-state index contributed by atoms with van der Waals surface area (Å²) in [7, 11) is 0. The Balaban J connectivity index is 1.50. The van der Waals surface area contributed by atoms with E-state index in [0.29, 0.717) is 18.3 Å². The Labute approximate surface area is 167 Å². The number of esters is 1. The number of hydrogen-bond donors (Lipinski definition) is 3. The lowest BCUT2D eigenvalue weighted by molar-refractivity contribution is -0.208. The molecule has 4 saturated carbocycles. The van der Waals surface area contributed by atoms with Gasteiger partial charge in [-0.25, -0.2) is 4.79 Å². The smallest absolute Gasteiger partial charge is 0.331 e. The summed E-state index contributed by atoms with van der Waals surface area (Å²) in [5.74, 6) is 0.627. The maximum Gasteiger partial charge on any atom is 0.331 e. The second kappa shape index (κ2) is 6.05. The van der Waals surface area contributed by atoms with E-state index in [9.17, 15) is 20.1 Å². The molecule has 8 unspecified atom stereocenters. The molecular weight excluding hydrogens is 356 g/mol. The van der Waals surface area contributed by atoms with Crippen molar-refractivity contribution in [2.24, 2.45) is 34.5 Å². The van der Waals surface area contributed by atoms with Gasteiger partial charge < -0.3 is 20.1 Å². The van der Waals surface area contributed by atoms with Gasteiger partial charge in [0.15, 0.2) is 0 Å². The molecule has 0 saturated heterocycles. The molecule has 5 heteroatoms. The molecule has 0 aromatic heterocycles. The quantitative estimate of drug-likeness (QED) is 0.599. The number of carbonyl (C=O) groups excluding carboxylic acids is 1. The Morgan fingerprint density at radius 3 is 2.57 bits per heavy atom. The van der Waals surface area contributed by atoms with E-state index in [4.69, 9.17) is 4.74 Å². The molecule has 3 N–H and O–H groups in total. The maximum absolute atomic E-state index is 12.1. The van der Waals surface area contributed by atoms with Crippen molar-refractivity contribution in [2.75, 3.05) is 6.61 Å². The van der Waals surface area contributed by atoms with E-state index in [1.165, 1.54) is 6.08 Å². The van der Waals surface area contributed by atoms with Crippen molar-refractivity contribution in [3.05, 3.63) is 11.6 Å². The average Bonchev–Trinajstić information content (AvgIpc) is 3.13. The van der Waals surface area contributed by atoms with E-state index < -0.39 is 17.1 Å². The predicted octanol–water partition coefficient (Wildman–Crippen LogP) is 2.58. The van der Waals surface area contributed by atoms with Gasteiger partial charge in [0, 0.05) is 23.8 Å². The first kappa shape index (κ1) is 19.1. The van der Waals surface area contributed by atoms with Crippen molar-refractivity contribution in [1.82, 2.24) is 0 Å². The summed E-state index contributed by atoms with van der Waals surface area (Å²) in [6.45, 7) is 4.77. The van der Waals surface area contributed by atoms with Crippen LogP contribution in [0.3, 0.4) is 0 Å². The lowest BCUT2D eigenvalue weighted by atomic mass is 9.43. The molecule has 1 heterocycles. The van der Waals surface area contributed by atoms with E-state index >= 15 is 0 Å². The first-order valence-electron chi connectivity index (χ1n) is 11.1. The van der Waals surface area contributed by atoms with Gasteiger partial charge in [-0.15, -0.1) is 0 Å². The number of ether oxygens (including phenoxy) is 1. The molecule has 0 bridgehead atoms. The van der Waals surface area contributed by atoms with Gasteiger partial charge in [-0.1, -0.05) is 13.8 Å². The molecule has 5 nitrogen and oxygen atoms in total. The summed E-state index contributed by atoms with van der Waals surface area (Å²) >= 11 is 0. The third kappa shape index (κ3) is 2.33. The lowest BCUT2D eigenvalue weighted by Crippen LogP contribution is -2.62. The van der Waals surface area contributed by atoms with Crippen LogP contribution in [0.2, 0.25) is 0 Å². The minimum atomic E-state index is -0.906. The van der Waals surface area contributed by atoms with E-state index in [-0.39, 0.29) is 35.9 Å². The number of aliphatic hydroxyl groups excluding tert-OH is 2. The maximum atomic E-state index is 12.1. The van der Waals surface area contributed by atoms with Gasteiger partial charge in [0.2, 0.25) is 0 Å². The number of hydrogen-bond acceptors (Lipinski definition) is 5. The summed E-state index contributed by atoms with van der Waals surface area (Å²) in [5, 5.41) is 33.3. The zero-order valence-electron chi connectivity index (χ0n) is 17.1. The number of cyclic esters (lactones) is 1. The second-order valence-corrected chi connectivity index (χ2v) is 10.9. The monoisotopic (exact) mass is 390 g/mol. The van der Waals surface area contributed by atoms with Crippen molar-refractivity contribution in [1.29, 1.82) is 0 Å². The molecule has 9 atom stereocenters. The predicted molar refractivity (Wildman–Crippen MR) is 103 cm³/mol. The normalized spacial score (nSPS) is 55.8. The molecule has 4 aliphatic carbocycles. The van der Waals surface area contributed by atoms with Gasteiger partial charge in [0.05, 0.1) is 17.8 Å². The number of aliphatic hydroxyl groups is 3. The van der Waals surface area contributed by atoms with E-state index in [1.807, 2.05) is 0 Å². The number of rotatable bonds is 1. The Bertz CT molecular complexity index is 718.